The summed E-state index contributed by atoms with van der Waals surface area (Å²) < 4.78 is 5.62. The normalized spacial score (nSPS) is 11.2. The average molecular weight is 274 g/mol. The van der Waals surface area contributed by atoms with Crippen molar-refractivity contribution in [1.82, 2.24) is 20.4 Å². The SMILES string of the molecule is CN(C)CCCCNCc1nnc(-c2ccccc2)o1. The van der Waals surface area contributed by atoms with Crippen molar-refractivity contribution in [2.24, 2.45) is 0 Å². The van der Waals surface area contributed by atoms with E-state index in [1.54, 1.807) is 0 Å². The Hall–Kier alpha value is -1.72. The minimum atomic E-state index is 0.579. The summed E-state index contributed by atoms with van der Waals surface area (Å²) in [6.45, 7) is 2.72. The molecule has 20 heavy (non-hydrogen) atoms. The van der Waals surface area contributed by atoms with Crippen LogP contribution in [0.25, 0.3) is 11.5 Å². The van der Waals surface area contributed by atoms with Crippen LogP contribution in [0.4, 0.5) is 0 Å². The number of nitrogens with one attached hydrogen (secondary N) is 1. The van der Waals surface area contributed by atoms with Gasteiger partial charge >= 0.3 is 0 Å². The zero-order chi connectivity index (χ0) is 14.2. The number of nitrogens with zero attached hydrogens (tertiary/aromatic N) is 3. The summed E-state index contributed by atoms with van der Waals surface area (Å²) in [6.07, 6.45) is 2.34. The van der Waals surface area contributed by atoms with Crippen LogP contribution in [-0.2, 0) is 6.54 Å². The predicted octanol–water partition coefficient (Wildman–Crippen LogP) is 2.17. The van der Waals surface area contributed by atoms with Crippen LogP contribution in [0.1, 0.15) is 18.7 Å². The van der Waals surface area contributed by atoms with Crippen LogP contribution in [0.5, 0.6) is 0 Å². The van der Waals surface area contributed by atoms with E-state index in [2.05, 4.69) is 34.5 Å². The monoisotopic (exact) mass is 274 g/mol. The lowest BCUT2D eigenvalue weighted by atomic mass is 10.2. The van der Waals surface area contributed by atoms with Gasteiger partial charge in [0.15, 0.2) is 0 Å². The van der Waals surface area contributed by atoms with Gasteiger partial charge in [-0.25, -0.2) is 0 Å². The largest absolute Gasteiger partial charge is 0.419 e. The van der Waals surface area contributed by atoms with Gasteiger partial charge in [-0.3, -0.25) is 0 Å². The molecule has 0 unspecified atom stereocenters. The zero-order valence-corrected chi connectivity index (χ0v) is 12.2. The van der Waals surface area contributed by atoms with Gasteiger partial charge in [-0.2, -0.15) is 0 Å². The second-order valence-corrected chi connectivity index (χ2v) is 5.05. The van der Waals surface area contributed by atoms with Gasteiger partial charge in [0.1, 0.15) is 0 Å². The van der Waals surface area contributed by atoms with Crippen molar-refractivity contribution in [3.63, 3.8) is 0 Å². The minimum Gasteiger partial charge on any atom is -0.419 e. The zero-order valence-electron chi connectivity index (χ0n) is 12.2. The Morgan fingerprint density at radius 2 is 1.90 bits per heavy atom. The Labute approximate surface area is 120 Å². The summed E-state index contributed by atoms with van der Waals surface area (Å²) >= 11 is 0. The maximum Gasteiger partial charge on any atom is 0.247 e. The van der Waals surface area contributed by atoms with Crippen molar-refractivity contribution in [1.29, 1.82) is 0 Å². The summed E-state index contributed by atoms with van der Waals surface area (Å²) in [5.41, 5.74) is 0.956. The molecule has 0 radical (unpaired) electrons. The summed E-state index contributed by atoms with van der Waals surface area (Å²) in [5.74, 6) is 1.21. The van der Waals surface area contributed by atoms with Crippen LogP contribution in [0.2, 0.25) is 0 Å². The topological polar surface area (TPSA) is 54.2 Å². The quantitative estimate of drug-likeness (QED) is 0.748. The Bertz CT molecular complexity index is 496. The van der Waals surface area contributed by atoms with E-state index in [4.69, 9.17) is 4.42 Å². The molecule has 0 atom stereocenters. The molecule has 0 aliphatic carbocycles. The first-order valence-electron chi connectivity index (χ1n) is 6.99. The molecule has 1 aromatic carbocycles. The average Bonchev–Trinajstić information content (AvgIpc) is 2.92. The minimum absolute atomic E-state index is 0.579. The molecule has 0 amide bonds. The molecule has 108 valence electrons. The lowest BCUT2D eigenvalue weighted by Gasteiger charge is -2.08. The highest BCUT2D eigenvalue weighted by molar-refractivity contribution is 5.51. The smallest absolute Gasteiger partial charge is 0.247 e. The third kappa shape index (κ3) is 4.75. The fourth-order valence-electron chi connectivity index (χ4n) is 1.90. The van der Waals surface area contributed by atoms with Gasteiger partial charge in [-0.15, -0.1) is 10.2 Å². The molecule has 2 aromatic rings. The number of aromatic nitrogens is 2. The van der Waals surface area contributed by atoms with Crippen molar-refractivity contribution < 1.29 is 4.42 Å². The Morgan fingerprint density at radius 3 is 2.65 bits per heavy atom. The van der Waals surface area contributed by atoms with Gasteiger partial charge in [0.2, 0.25) is 11.8 Å². The summed E-state index contributed by atoms with van der Waals surface area (Å²) in [7, 11) is 4.19. The molecule has 0 spiro atoms. The molecule has 5 heteroatoms. The number of rotatable bonds is 8. The van der Waals surface area contributed by atoms with Crippen molar-refractivity contribution in [2.75, 3.05) is 27.2 Å². The van der Waals surface area contributed by atoms with E-state index >= 15 is 0 Å². The Morgan fingerprint density at radius 1 is 1.10 bits per heavy atom. The van der Waals surface area contributed by atoms with Crippen LogP contribution in [-0.4, -0.2) is 42.3 Å². The van der Waals surface area contributed by atoms with Crippen LogP contribution in [0.15, 0.2) is 34.7 Å². The standard InChI is InChI=1S/C15H22N4O/c1-19(2)11-7-6-10-16-12-14-17-18-15(20-14)13-8-4-3-5-9-13/h3-5,8-9,16H,6-7,10-12H2,1-2H3. The van der Waals surface area contributed by atoms with E-state index in [9.17, 15) is 0 Å². The first kappa shape index (κ1) is 14.7. The van der Waals surface area contributed by atoms with E-state index in [0.29, 0.717) is 18.3 Å². The fraction of sp³-hybridized carbons (Fsp3) is 0.467. The number of unbranched alkanes of at least 4 members (excludes halogenated alkanes) is 1. The third-order valence-electron chi connectivity index (χ3n) is 2.97. The number of benzene rings is 1. The molecule has 0 saturated heterocycles. The van der Waals surface area contributed by atoms with Crippen LogP contribution < -0.4 is 5.32 Å². The molecule has 0 aliphatic heterocycles. The fourth-order valence-corrected chi connectivity index (χ4v) is 1.90. The third-order valence-corrected chi connectivity index (χ3v) is 2.97. The molecule has 0 aliphatic rings. The van der Waals surface area contributed by atoms with Crippen molar-refractivity contribution in [3.8, 4) is 11.5 Å². The second-order valence-electron chi connectivity index (χ2n) is 5.05. The van der Waals surface area contributed by atoms with E-state index < -0.39 is 0 Å². The number of hydrogen-bond acceptors (Lipinski definition) is 5. The molecule has 1 N–H and O–H groups in total. The van der Waals surface area contributed by atoms with Gasteiger partial charge in [-0.05, 0) is 52.2 Å². The van der Waals surface area contributed by atoms with Crippen molar-refractivity contribution in [2.45, 2.75) is 19.4 Å². The first-order chi connectivity index (χ1) is 9.75. The van der Waals surface area contributed by atoms with E-state index in [-0.39, 0.29) is 0 Å². The van der Waals surface area contributed by atoms with Gasteiger partial charge in [0.05, 0.1) is 6.54 Å². The molecule has 0 fully saturated rings. The van der Waals surface area contributed by atoms with Gasteiger partial charge in [0, 0.05) is 5.56 Å². The Kier molecular flexibility index (Phi) is 5.70. The van der Waals surface area contributed by atoms with Gasteiger partial charge in [-0.1, -0.05) is 18.2 Å². The van der Waals surface area contributed by atoms with Crippen LogP contribution in [0.3, 0.4) is 0 Å². The lowest BCUT2D eigenvalue weighted by molar-refractivity contribution is 0.389. The molecule has 1 heterocycles. The number of hydrogen-bond donors (Lipinski definition) is 1. The van der Waals surface area contributed by atoms with E-state index in [0.717, 1.165) is 25.1 Å². The predicted molar refractivity (Wildman–Crippen MR) is 79.2 cm³/mol. The molecule has 5 nitrogen and oxygen atoms in total. The van der Waals surface area contributed by atoms with Crippen molar-refractivity contribution >= 4 is 0 Å². The molecule has 1 aromatic heterocycles. The first-order valence-corrected chi connectivity index (χ1v) is 6.99. The molecule has 2 rings (SSSR count). The van der Waals surface area contributed by atoms with E-state index in [1.807, 2.05) is 30.3 Å². The highest BCUT2D eigenvalue weighted by Gasteiger charge is 2.07. The molecule has 0 saturated carbocycles. The van der Waals surface area contributed by atoms with Gasteiger partial charge in [0.25, 0.3) is 0 Å². The highest BCUT2D eigenvalue weighted by atomic mass is 16.4. The van der Waals surface area contributed by atoms with Gasteiger partial charge < -0.3 is 14.6 Å². The summed E-state index contributed by atoms with van der Waals surface area (Å²) in [4.78, 5) is 2.20. The maximum atomic E-state index is 5.62. The van der Waals surface area contributed by atoms with Crippen LogP contribution >= 0.6 is 0 Å². The molecular formula is C15H22N4O. The summed E-state index contributed by atoms with van der Waals surface area (Å²) in [6, 6.07) is 9.82. The van der Waals surface area contributed by atoms with Crippen molar-refractivity contribution in [3.05, 3.63) is 36.2 Å². The van der Waals surface area contributed by atoms with Crippen LogP contribution in [0, 0.1) is 0 Å². The lowest BCUT2D eigenvalue weighted by Crippen LogP contribution is -2.18. The molecular weight excluding hydrogens is 252 g/mol. The molecule has 0 bridgehead atoms. The summed E-state index contributed by atoms with van der Waals surface area (Å²) in [5, 5.41) is 11.4. The highest BCUT2D eigenvalue weighted by Crippen LogP contribution is 2.16. The van der Waals surface area contributed by atoms with E-state index in [1.165, 1.54) is 6.42 Å². The second kappa shape index (κ2) is 7.77. The Balaban J connectivity index is 1.71. The maximum absolute atomic E-state index is 5.62.